The second-order valence-corrected chi connectivity index (χ2v) is 4.63. The zero-order valence-electron chi connectivity index (χ0n) is 8.42. The molecule has 0 aliphatic heterocycles. The van der Waals surface area contributed by atoms with Crippen molar-refractivity contribution in [2.75, 3.05) is 0 Å². The zero-order chi connectivity index (χ0) is 10.8. The quantitative estimate of drug-likeness (QED) is 0.824. The summed E-state index contributed by atoms with van der Waals surface area (Å²) in [4.78, 5) is 0. The van der Waals surface area contributed by atoms with E-state index in [1.54, 1.807) is 12.1 Å². The molecular weight excluding hydrogens is 215 g/mol. The maximum absolute atomic E-state index is 13.5. The van der Waals surface area contributed by atoms with Gasteiger partial charge in [-0.25, -0.2) is 4.39 Å². The molecule has 0 bridgehead atoms. The smallest absolute Gasteiger partial charge is 0.127 e. The van der Waals surface area contributed by atoms with Gasteiger partial charge in [-0.05, 0) is 42.9 Å². The highest BCUT2D eigenvalue weighted by molar-refractivity contribution is 6.30. The van der Waals surface area contributed by atoms with Crippen molar-refractivity contribution in [3.63, 3.8) is 0 Å². The van der Waals surface area contributed by atoms with Gasteiger partial charge >= 0.3 is 0 Å². The molecule has 0 radical (unpaired) electrons. The predicted molar refractivity (Wildman–Crippen MR) is 58.5 cm³/mol. The lowest BCUT2D eigenvalue weighted by atomic mass is 9.96. The average molecular weight is 229 g/mol. The molecule has 15 heavy (non-hydrogen) atoms. The van der Waals surface area contributed by atoms with E-state index in [2.05, 4.69) is 0 Å². The molecule has 2 atom stereocenters. The first-order chi connectivity index (χ1) is 7.16. The summed E-state index contributed by atoms with van der Waals surface area (Å²) >= 11 is 5.67. The van der Waals surface area contributed by atoms with Crippen molar-refractivity contribution in [3.8, 4) is 0 Å². The Bertz CT molecular complexity index is 353. The van der Waals surface area contributed by atoms with Crippen LogP contribution >= 0.6 is 11.6 Å². The van der Waals surface area contributed by atoms with E-state index in [4.69, 9.17) is 11.6 Å². The van der Waals surface area contributed by atoms with Gasteiger partial charge in [0.05, 0.1) is 6.10 Å². The van der Waals surface area contributed by atoms with Crippen molar-refractivity contribution in [1.29, 1.82) is 0 Å². The lowest BCUT2D eigenvalue weighted by Gasteiger charge is -2.14. The van der Waals surface area contributed by atoms with Crippen LogP contribution in [0.4, 0.5) is 4.39 Å². The van der Waals surface area contributed by atoms with Crippen LogP contribution in [0, 0.1) is 11.7 Å². The first kappa shape index (κ1) is 10.9. The fourth-order valence-corrected chi connectivity index (χ4v) is 2.38. The minimum Gasteiger partial charge on any atom is -0.393 e. The van der Waals surface area contributed by atoms with Crippen LogP contribution in [0.1, 0.15) is 24.8 Å². The van der Waals surface area contributed by atoms with Gasteiger partial charge in [-0.2, -0.15) is 0 Å². The second-order valence-electron chi connectivity index (χ2n) is 4.20. The first-order valence-electron chi connectivity index (χ1n) is 5.29. The monoisotopic (exact) mass is 228 g/mol. The van der Waals surface area contributed by atoms with Crippen LogP contribution in [0.15, 0.2) is 18.2 Å². The fourth-order valence-electron chi connectivity index (χ4n) is 2.23. The number of aliphatic hydroxyl groups is 1. The van der Waals surface area contributed by atoms with Crippen molar-refractivity contribution in [2.24, 2.45) is 5.92 Å². The molecule has 0 saturated heterocycles. The normalized spacial score (nSPS) is 25.8. The highest BCUT2D eigenvalue weighted by Crippen LogP contribution is 2.29. The molecular formula is C12H14ClFO. The van der Waals surface area contributed by atoms with Crippen LogP contribution in [0.2, 0.25) is 5.02 Å². The third-order valence-corrected chi connectivity index (χ3v) is 3.35. The van der Waals surface area contributed by atoms with Crippen molar-refractivity contribution < 1.29 is 9.50 Å². The summed E-state index contributed by atoms with van der Waals surface area (Å²) < 4.78 is 13.5. The van der Waals surface area contributed by atoms with Crippen LogP contribution in [-0.4, -0.2) is 11.2 Å². The van der Waals surface area contributed by atoms with Crippen molar-refractivity contribution in [2.45, 2.75) is 31.8 Å². The highest BCUT2D eigenvalue weighted by Gasteiger charge is 2.25. The van der Waals surface area contributed by atoms with E-state index in [0.717, 1.165) is 19.3 Å². The molecule has 1 fully saturated rings. The Balaban J connectivity index is 2.10. The van der Waals surface area contributed by atoms with E-state index >= 15 is 0 Å². The largest absolute Gasteiger partial charge is 0.393 e. The lowest BCUT2D eigenvalue weighted by Crippen LogP contribution is -2.16. The van der Waals surface area contributed by atoms with E-state index < -0.39 is 0 Å². The van der Waals surface area contributed by atoms with Gasteiger partial charge in [0.1, 0.15) is 5.82 Å². The summed E-state index contributed by atoms with van der Waals surface area (Å²) in [7, 11) is 0. The van der Waals surface area contributed by atoms with Gasteiger partial charge in [0, 0.05) is 5.02 Å². The molecule has 0 aromatic heterocycles. The van der Waals surface area contributed by atoms with Gasteiger partial charge in [0.25, 0.3) is 0 Å². The molecule has 1 aromatic carbocycles. The van der Waals surface area contributed by atoms with Gasteiger partial charge in [0.2, 0.25) is 0 Å². The van der Waals surface area contributed by atoms with Gasteiger partial charge in [-0.15, -0.1) is 0 Å². The fraction of sp³-hybridized carbons (Fsp3) is 0.500. The molecule has 0 heterocycles. The zero-order valence-corrected chi connectivity index (χ0v) is 9.17. The third-order valence-electron chi connectivity index (χ3n) is 3.12. The first-order valence-corrected chi connectivity index (χ1v) is 5.66. The van der Waals surface area contributed by atoms with Crippen LogP contribution in [0.3, 0.4) is 0 Å². The Morgan fingerprint density at radius 2 is 2.20 bits per heavy atom. The van der Waals surface area contributed by atoms with Crippen molar-refractivity contribution >= 4 is 11.6 Å². The summed E-state index contributed by atoms with van der Waals surface area (Å²) in [6, 6.07) is 4.74. The number of benzene rings is 1. The molecule has 1 nitrogen and oxygen atoms in total. The molecule has 1 saturated carbocycles. The predicted octanol–water partition coefficient (Wildman–Crippen LogP) is 3.18. The summed E-state index contributed by atoms with van der Waals surface area (Å²) in [5.41, 5.74) is 0.658. The van der Waals surface area contributed by atoms with Crippen molar-refractivity contribution in [3.05, 3.63) is 34.6 Å². The molecule has 0 spiro atoms. The van der Waals surface area contributed by atoms with E-state index in [1.807, 2.05) is 0 Å². The molecule has 82 valence electrons. The Kier molecular flexibility index (Phi) is 3.27. The SMILES string of the molecule is OC1CCCC1Cc1ccc(Cl)cc1F. The number of halogens is 2. The maximum atomic E-state index is 13.5. The highest BCUT2D eigenvalue weighted by atomic mass is 35.5. The number of hydrogen-bond acceptors (Lipinski definition) is 1. The van der Waals surface area contributed by atoms with E-state index in [0.29, 0.717) is 17.0 Å². The summed E-state index contributed by atoms with van der Waals surface area (Å²) in [6.07, 6.45) is 3.23. The van der Waals surface area contributed by atoms with E-state index in [9.17, 15) is 9.50 Å². The molecule has 0 amide bonds. The third kappa shape index (κ3) is 2.50. The Hall–Kier alpha value is -0.600. The summed E-state index contributed by atoms with van der Waals surface area (Å²) in [5, 5.41) is 10.1. The Morgan fingerprint density at radius 1 is 1.40 bits per heavy atom. The lowest BCUT2D eigenvalue weighted by molar-refractivity contribution is 0.132. The van der Waals surface area contributed by atoms with Crippen molar-refractivity contribution in [1.82, 2.24) is 0 Å². The molecule has 1 aliphatic rings. The molecule has 2 unspecified atom stereocenters. The Morgan fingerprint density at radius 3 is 2.80 bits per heavy atom. The van der Waals surface area contributed by atoms with Crippen LogP contribution < -0.4 is 0 Å². The van der Waals surface area contributed by atoms with Gasteiger partial charge in [-0.3, -0.25) is 0 Å². The molecule has 2 rings (SSSR count). The molecule has 3 heteroatoms. The van der Waals surface area contributed by atoms with Crippen LogP contribution in [0.5, 0.6) is 0 Å². The van der Waals surface area contributed by atoms with Gasteiger partial charge in [0.15, 0.2) is 0 Å². The number of rotatable bonds is 2. The van der Waals surface area contributed by atoms with Crippen LogP contribution in [0.25, 0.3) is 0 Å². The second kappa shape index (κ2) is 4.50. The van der Waals surface area contributed by atoms with Gasteiger partial charge < -0.3 is 5.11 Å². The van der Waals surface area contributed by atoms with Crippen LogP contribution in [-0.2, 0) is 6.42 Å². The topological polar surface area (TPSA) is 20.2 Å². The minimum atomic E-state index is -0.264. The summed E-state index contributed by atoms with van der Waals surface area (Å²) in [5.74, 6) is -0.0534. The standard InChI is InChI=1S/C12H14ClFO/c13-10-5-4-8(11(14)7-10)6-9-2-1-3-12(9)15/h4-5,7,9,12,15H,1-3,6H2. The number of aliphatic hydroxyl groups excluding tert-OH is 1. The molecule has 1 aromatic rings. The molecule has 1 aliphatic carbocycles. The number of hydrogen-bond donors (Lipinski definition) is 1. The minimum absolute atomic E-state index is 0.209. The summed E-state index contributed by atoms with van der Waals surface area (Å²) in [6.45, 7) is 0. The van der Waals surface area contributed by atoms with E-state index in [-0.39, 0.29) is 17.8 Å². The molecule has 1 N–H and O–H groups in total. The van der Waals surface area contributed by atoms with Gasteiger partial charge in [-0.1, -0.05) is 24.1 Å². The van der Waals surface area contributed by atoms with E-state index in [1.165, 1.54) is 6.07 Å². The maximum Gasteiger partial charge on any atom is 0.127 e. The Labute approximate surface area is 93.9 Å². The average Bonchev–Trinajstić information content (AvgIpc) is 2.57.